The fourth-order valence-electron chi connectivity index (χ4n) is 4.84. The molecular weight excluding hydrogens is 360 g/mol. The van der Waals surface area contributed by atoms with Crippen LogP contribution in [0.5, 0.6) is 0 Å². The third-order valence-corrected chi connectivity index (χ3v) is 6.66. The van der Waals surface area contributed by atoms with Crippen molar-refractivity contribution in [1.29, 1.82) is 0 Å². The van der Waals surface area contributed by atoms with Crippen LogP contribution in [0, 0.1) is 5.92 Å². The first-order valence-electron chi connectivity index (χ1n) is 11.0. The molecule has 2 aromatic heterocycles. The minimum atomic E-state index is -0.880. The lowest BCUT2D eigenvalue weighted by atomic mass is 9.89. The minimum Gasteiger partial charge on any atom is -0.478 e. The summed E-state index contributed by atoms with van der Waals surface area (Å²) < 4.78 is 2.39. The Balaban J connectivity index is 1.38. The maximum atomic E-state index is 11.8. The quantitative estimate of drug-likeness (QED) is 0.582. The lowest BCUT2D eigenvalue weighted by Crippen LogP contribution is -2.13. The fourth-order valence-corrected chi connectivity index (χ4v) is 4.84. The maximum absolute atomic E-state index is 11.8. The molecule has 5 rings (SSSR count). The number of nitrogens with zero attached hydrogens (tertiary/aromatic N) is 2. The van der Waals surface area contributed by atoms with Gasteiger partial charge in [-0.15, -0.1) is 0 Å². The van der Waals surface area contributed by atoms with E-state index in [4.69, 9.17) is 0 Å². The Morgan fingerprint density at radius 2 is 1.90 bits per heavy atom. The van der Waals surface area contributed by atoms with Crippen LogP contribution in [0.15, 0.2) is 42.7 Å². The number of aromatic carboxylic acids is 1. The van der Waals surface area contributed by atoms with Crippen LogP contribution in [-0.4, -0.2) is 20.6 Å². The normalized spacial score (nSPS) is 17.7. The summed E-state index contributed by atoms with van der Waals surface area (Å²) in [5.41, 5.74) is 4.46. The molecule has 0 radical (unpaired) electrons. The second kappa shape index (κ2) is 7.66. The van der Waals surface area contributed by atoms with Gasteiger partial charge >= 0.3 is 5.97 Å². The van der Waals surface area contributed by atoms with Crippen molar-refractivity contribution < 1.29 is 9.90 Å². The molecule has 4 heteroatoms. The number of carboxylic acid groups (broad SMARTS) is 1. The molecule has 2 saturated carbocycles. The van der Waals surface area contributed by atoms with Gasteiger partial charge in [0.1, 0.15) is 0 Å². The Morgan fingerprint density at radius 1 is 1.07 bits per heavy atom. The highest BCUT2D eigenvalue weighted by Gasteiger charge is 2.26. The molecule has 2 aliphatic carbocycles. The van der Waals surface area contributed by atoms with Gasteiger partial charge in [0.2, 0.25) is 0 Å². The molecule has 0 amide bonds. The zero-order chi connectivity index (χ0) is 19.8. The highest BCUT2D eigenvalue weighted by atomic mass is 16.4. The van der Waals surface area contributed by atoms with Crippen LogP contribution in [0.1, 0.15) is 78.0 Å². The van der Waals surface area contributed by atoms with Crippen LogP contribution in [0.2, 0.25) is 0 Å². The molecule has 1 N–H and O–H groups in total. The number of hydrogen-bond donors (Lipinski definition) is 1. The van der Waals surface area contributed by atoms with Crippen LogP contribution in [0.3, 0.4) is 0 Å². The Hall–Kier alpha value is -2.62. The van der Waals surface area contributed by atoms with Gasteiger partial charge in [0.05, 0.1) is 11.3 Å². The minimum absolute atomic E-state index is 0.351. The zero-order valence-corrected chi connectivity index (χ0v) is 16.8. The molecular formula is C25H28N2O2. The Kier molecular flexibility index (Phi) is 4.86. The number of carbonyl (C=O) groups is 1. The van der Waals surface area contributed by atoms with Crippen molar-refractivity contribution in [3.8, 4) is 0 Å². The molecule has 4 nitrogen and oxygen atoms in total. The topological polar surface area (TPSA) is 55.1 Å². The number of aromatic nitrogens is 2. The van der Waals surface area contributed by atoms with E-state index < -0.39 is 5.97 Å². The Bertz CT molecular complexity index is 1040. The van der Waals surface area contributed by atoms with Crippen molar-refractivity contribution in [3.05, 3.63) is 65.1 Å². The van der Waals surface area contributed by atoms with E-state index >= 15 is 0 Å². The van der Waals surface area contributed by atoms with Crippen molar-refractivity contribution in [2.45, 2.75) is 63.8 Å². The number of benzene rings is 1. The molecule has 0 spiro atoms. The Morgan fingerprint density at radius 3 is 2.66 bits per heavy atom. The van der Waals surface area contributed by atoms with Gasteiger partial charge in [-0.3, -0.25) is 4.98 Å². The summed E-state index contributed by atoms with van der Waals surface area (Å²) in [6, 6.07) is 10.5. The average molecular weight is 389 g/mol. The lowest BCUT2D eigenvalue weighted by Gasteiger charge is -2.22. The van der Waals surface area contributed by atoms with E-state index in [0.717, 1.165) is 36.4 Å². The third-order valence-electron chi connectivity index (χ3n) is 6.66. The van der Waals surface area contributed by atoms with Crippen LogP contribution >= 0.6 is 0 Å². The summed E-state index contributed by atoms with van der Waals surface area (Å²) in [5, 5.41) is 10.9. The van der Waals surface area contributed by atoms with Crippen LogP contribution < -0.4 is 0 Å². The van der Waals surface area contributed by atoms with Crippen LogP contribution in [-0.2, 0) is 13.0 Å². The summed E-state index contributed by atoms with van der Waals surface area (Å²) in [6.07, 6.45) is 13.7. The largest absolute Gasteiger partial charge is 0.478 e. The number of hydrogen-bond acceptors (Lipinski definition) is 2. The van der Waals surface area contributed by atoms with Gasteiger partial charge in [0.25, 0.3) is 0 Å². The van der Waals surface area contributed by atoms with Crippen molar-refractivity contribution in [2.24, 2.45) is 5.92 Å². The zero-order valence-electron chi connectivity index (χ0n) is 16.8. The van der Waals surface area contributed by atoms with Gasteiger partial charge in [-0.05, 0) is 78.3 Å². The number of pyridine rings is 1. The number of fused-ring (bicyclic) bond motifs is 1. The van der Waals surface area contributed by atoms with E-state index in [-0.39, 0.29) is 0 Å². The predicted molar refractivity (Wildman–Crippen MR) is 114 cm³/mol. The molecule has 3 aromatic rings. The summed E-state index contributed by atoms with van der Waals surface area (Å²) in [5.74, 6) is 0.427. The highest BCUT2D eigenvalue weighted by Crippen LogP contribution is 2.40. The number of rotatable bonds is 6. The first-order chi connectivity index (χ1) is 14.2. The maximum Gasteiger partial charge on any atom is 0.337 e. The van der Waals surface area contributed by atoms with Crippen molar-refractivity contribution in [1.82, 2.24) is 9.55 Å². The fraction of sp³-hybridized carbons (Fsp3) is 0.440. The molecule has 0 saturated heterocycles. The summed E-state index contributed by atoms with van der Waals surface area (Å²) >= 11 is 0. The molecule has 0 atom stereocenters. The van der Waals surface area contributed by atoms with Gasteiger partial charge in [0.15, 0.2) is 0 Å². The first-order valence-corrected chi connectivity index (χ1v) is 11.0. The molecule has 1 aromatic carbocycles. The lowest BCUT2D eigenvalue weighted by molar-refractivity contribution is 0.0695. The Labute approximate surface area is 171 Å². The molecule has 0 aliphatic heterocycles. The van der Waals surface area contributed by atoms with E-state index in [2.05, 4.69) is 40.0 Å². The van der Waals surface area contributed by atoms with Crippen molar-refractivity contribution >= 4 is 16.9 Å². The second-order valence-electron chi connectivity index (χ2n) is 8.88. The molecule has 0 bridgehead atoms. The van der Waals surface area contributed by atoms with Crippen LogP contribution in [0.4, 0.5) is 0 Å². The van der Waals surface area contributed by atoms with E-state index in [9.17, 15) is 9.90 Å². The van der Waals surface area contributed by atoms with E-state index in [0.29, 0.717) is 23.6 Å². The molecule has 0 unspecified atom stereocenters. The summed E-state index contributed by atoms with van der Waals surface area (Å²) in [6.45, 7) is 1.11. The van der Waals surface area contributed by atoms with Crippen LogP contribution in [0.25, 0.3) is 10.9 Å². The standard InChI is InChI=1S/C25H28N2O2/c28-25(29)22-14-21(19-7-8-19)15-26-23(22)13-18-6-9-24-20(12-18)10-11-27(24)16-17-4-2-1-3-5-17/h6,9-12,14-15,17,19H,1-5,7-8,13,16H2,(H,28,29). The molecule has 2 fully saturated rings. The monoisotopic (exact) mass is 388 g/mol. The third kappa shape index (κ3) is 3.93. The van der Waals surface area contributed by atoms with E-state index in [1.165, 1.54) is 43.0 Å². The van der Waals surface area contributed by atoms with Gasteiger partial charge in [-0.1, -0.05) is 25.3 Å². The van der Waals surface area contributed by atoms with E-state index in [1.807, 2.05) is 12.3 Å². The van der Waals surface area contributed by atoms with Gasteiger partial charge in [0, 0.05) is 30.9 Å². The van der Waals surface area contributed by atoms with Gasteiger partial charge < -0.3 is 9.67 Å². The molecule has 150 valence electrons. The molecule has 29 heavy (non-hydrogen) atoms. The second-order valence-corrected chi connectivity index (χ2v) is 8.88. The summed E-state index contributed by atoms with van der Waals surface area (Å²) in [7, 11) is 0. The SMILES string of the molecule is O=C(O)c1cc(C2CC2)cnc1Cc1ccc2c(ccn2CC2CCCCC2)c1. The molecule has 2 aliphatic rings. The summed E-state index contributed by atoms with van der Waals surface area (Å²) in [4.78, 5) is 16.3. The average Bonchev–Trinajstić information content (AvgIpc) is 3.51. The van der Waals surface area contributed by atoms with Crippen molar-refractivity contribution in [3.63, 3.8) is 0 Å². The first kappa shape index (κ1) is 18.4. The van der Waals surface area contributed by atoms with Gasteiger partial charge in [-0.2, -0.15) is 0 Å². The molecule has 2 heterocycles. The van der Waals surface area contributed by atoms with Gasteiger partial charge in [-0.25, -0.2) is 4.79 Å². The predicted octanol–water partition coefficient (Wildman–Crippen LogP) is 5.78. The number of carboxylic acids is 1. The highest BCUT2D eigenvalue weighted by molar-refractivity contribution is 5.89. The van der Waals surface area contributed by atoms with Crippen molar-refractivity contribution in [2.75, 3.05) is 0 Å². The smallest absolute Gasteiger partial charge is 0.337 e. The van der Waals surface area contributed by atoms with E-state index in [1.54, 1.807) is 0 Å².